The van der Waals surface area contributed by atoms with Gasteiger partial charge in [0.25, 0.3) is 0 Å². The van der Waals surface area contributed by atoms with Crippen molar-refractivity contribution in [3.8, 4) is 5.75 Å². The normalized spacial score (nSPS) is 27.3. The molecule has 3 atom stereocenters. The van der Waals surface area contributed by atoms with Gasteiger partial charge in [-0.1, -0.05) is 6.42 Å². The fraction of sp³-hybridized carbons (Fsp3) is 0.467. The van der Waals surface area contributed by atoms with Gasteiger partial charge >= 0.3 is 5.97 Å². The molecule has 1 aliphatic carbocycles. The lowest BCUT2D eigenvalue weighted by molar-refractivity contribution is -0.118. The fourth-order valence-corrected chi connectivity index (χ4v) is 3.48. The summed E-state index contributed by atoms with van der Waals surface area (Å²) in [4.78, 5) is 23.3. The van der Waals surface area contributed by atoms with E-state index in [1.807, 2.05) is 0 Å². The molecule has 3 rings (SSSR count). The molecule has 1 aromatic carbocycles. The summed E-state index contributed by atoms with van der Waals surface area (Å²) >= 11 is 0. The van der Waals surface area contributed by atoms with Crippen molar-refractivity contribution in [3.05, 3.63) is 23.8 Å². The van der Waals surface area contributed by atoms with E-state index in [-0.39, 0.29) is 23.3 Å². The zero-order valence-corrected chi connectivity index (χ0v) is 11.5. The van der Waals surface area contributed by atoms with Crippen LogP contribution in [0.4, 0.5) is 5.69 Å². The maximum atomic E-state index is 12.3. The van der Waals surface area contributed by atoms with Crippen molar-refractivity contribution in [2.24, 2.45) is 11.8 Å². The van der Waals surface area contributed by atoms with E-state index >= 15 is 0 Å². The summed E-state index contributed by atoms with van der Waals surface area (Å²) in [5.74, 6) is -0.712. The lowest BCUT2D eigenvalue weighted by Gasteiger charge is -2.18. The van der Waals surface area contributed by atoms with Crippen molar-refractivity contribution in [1.29, 1.82) is 0 Å². The Balaban J connectivity index is 1.73. The van der Waals surface area contributed by atoms with Gasteiger partial charge in [0, 0.05) is 5.69 Å². The molecule has 2 fully saturated rings. The number of rotatable bonds is 3. The van der Waals surface area contributed by atoms with Crippen molar-refractivity contribution in [3.63, 3.8) is 0 Å². The van der Waals surface area contributed by atoms with E-state index in [2.05, 4.69) is 10.6 Å². The average molecular weight is 290 g/mol. The standard InChI is InChI=1S/C15H18N2O4/c18-12-5-4-9(6-11(12)15(20)21)17-14(19)13-10-3-1-2-8(10)7-16-13/h4-6,8,10,13,16,18H,1-3,7H2,(H,17,19)(H,20,21). The number of carboxylic acid groups (broad SMARTS) is 1. The number of carbonyl (C=O) groups excluding carboxylic acids is 1. The van der Waals surface area contributed by atoms with Crippen molar-refractivity contribution in [2.45, 2.75) is 25.3 Å². The summed E-state index contributed by atoms with van der Waals surface area (Å²) in [6.07, 6.45) is 3.40. The SMILES string of the molecule is O=C(O)c1cc(NC(=O)C2NCC3CCCC32)ccc1O. The molecule has 1 aliphatic heterocycles. The van der Waals surface area contributed by atoms with Gasteiger partial charge in [0.2, 0.25) is 5.91 Å². The van der Waals surface area contributed by atoms with Crippen LogP contribution < -0.4 is 10.6 Å². The second kappa shape index (κ2) is 5.37. The van der Waals surface area contributed by atoms with Crippen LogP contribution in [0.15, 0.2) is 18.2 Å². The number of hydrogen-bond donors (Lipinski definition) is 4. The third kappa shape index (κ3) is 2.58. The van der Waals surface area contributed by atoms with E-state index in [0.717, 1.165) is 13.0 Å². The van der Waals surface area contributed by atoms with Crippen LogP contribution in [0, 0.1) is 11.8 Å². The van der Waals surface area contributed by atoms with E-state index < -0.39 is 5.97 Å². The highest BCUT2D eigenvalue weighted by Gasteiger charge is 2.42. The smallest absolute Gasteiger partial charge is 0.339 e. The number of aromatic carboxylic acids is 1. The van der Waals surface area contributed by atoms with Crippen LogP contribution in [0.3, 0.4) is 0 Å². The van der Waals surface area contributed by atoms with Crippen molar-refractivity contribution < 1.29 is 19.8 Å². The van der Waals surface area contributed by atoms with Crippen LogP contribution in [0.1, 0.15) is 29.6 Å². The van der Waals surface area contributed by atoms with Gasteiger partial charge in [-0.25, -0.2) is 4.79 Å². The molecule has 1 aromatic rings. The maximum Gasteiger partial charge on any atom is 0.339 e. The monoisotopic (exact) mass is 290 g/mol. The molecule has 6 heteroatoms. The molecule has 3 unspecified atom stereocenters. The molecule has 1 amide bonds. The number of anilines is 1. The first kappa shape index (κ1) is 13.9. The summed E-state index contributed by atoms with van der Waals surface area (Å²) in [5.41, 5.74) is 0.171. The van der Waals surface area contributed by atoms with Gasteiger partial charge in [-0.2, -0.15) is 0 Å². The molecule has 1 heterocycles. The van der Waals surface area contributed by atoms with Gasteiger partial charge in [-0.15, -0.1) is 0 Å². The quantitative estimate of drug-likeness (QED) is 0.631. The third-order valence-electron chi connectivity index (χ3n) is 4.52. The van der Waals surface area contributed by atoms with Gasteiger partial charge < -0.3 is 20.8 Å². The lowest BCUT2D eigenvalue weighted by Crippen LogP contribution is -2.39. The second-order valence-corrected chi connectivity index (χ2v) is 5.77. The predicted molar refractivity (Wildman–Crippen MR) is 76.3 cm³/mol. The van der Waals surface area contributed by atoms with Gasteiger partial charge in [-0.05, 0) is 49.4 Å². The molecule has 1 saturated heterocycles. The summed E-state index contributed by atoms with van der Waals surface area (Å²) < 4.78 is 0. The van der Waals surface area contributed by atoms with Gasteiger partial charge in [0.05, 0.1) is 6.04 Å². The molecule has 0 spiro atoms. The number of phenols is 1. The first-order valence-electron chi connectivity index (χ1n) is 7.17. The molecule has 6 nitrogen and oxygen atoms in total. The summed E-state index contributed by atoms with van der Waals surface area (Å²) in [6, 6.07) is 3.84. The second-order valence-electron chi connectivity index (χ2n) is 5.77. The van der Waals surface area contributed by atoms with E-state index in [9.17, 15) is 14.7 Å². The highest BCUT2D eigenvalue weighted by molar-refractivity contribution is 5.98. The topological polar surface area (TPSA) is 98.7 Å². The third-order valence-corrected chi connectivity index (χ3v) is 4.52. The van der Waals surface area contributed by atoms with Crippen molar-refractivity contribution >= 4 is 17.6 Å². The van der Waals surface area contributed by atoms with Crippen molar-refractivity contribution in [2.75, 3.05) is 11.9 Å². The molecule has 21 heavy (non-hydrogen) atoms. The van der Waals surface area contributed by atoms with Crippen LogP contribution in [-0.4, -0.2) is 34.7 Å². The molecular formula is C15H18N2O4. The van der Waals surface area contributed by atoms with Gasteiger partial charge in [-0.3, -0.25) is 4.79 Å². The zero-order chi connectivity index (χ0) is 15.0. The highest BCUT2D eigenvalue weighted by atomic mass is 16.4. The van der Waals surface area contributed by atoms with E-state index in [4.69, 9.17) is 5.11 Å². The number of hydrogen-bond acceptors (Lipinski definition) is 4. The number of nitrogens with one attached hydrogen (secondary N) is 2. The minimum atomic E-state index is -1.22. The Bertz CT molecular complexity index is 587. The Morgan fingerprint density at radius 2 is 2.10 bits per heavy atom. The molecule has 1 saturated carbocycles. The van der Waals surface area contributed by atoms with Crippen LogP contribution >= 0.6 is 0 Å². The Morgan fingerprint density at radius 3 is 2.86 bits per heavy atom. The number of aromatic hydroxyl groups is 1. The minimum absolute atomic E-state index is 0.133. The molecule has 4 N–H and O–H groups in total. The van der Waals surface area contributed by atoms with Crippen LogP contribution in [0.5, 0.6) is 5.75 Å². The molecule has 112 valence electrons. The predicted octanol–water partition coefficient (Wildman–Crippen LogP) is 1.42. The van der Waals surface area contributed by atoms with E-state index in [1.165, 1.54) is 31.0 Å². The van der Waals surface area contributed by atoms with E-state index in [0.29, 0.717) is 17.5 Å². The van der Waals surface area contributed by atoms with Crippen LogP contribution in [0.25, 0.3) is 0 Å². The molecule has 2 aliphatic rings. The Labute approximate surface area is 122 Å². The summed E-state index contributed by atoms with van der Waals surface area (Å²) in [5, 5.41) is 24.4. The Morgan fingerprint density at radius 1 is 1.29 bits per heavy atom. The molecule has 0 bridgehead atoms. The largest absolute Gasteiger partial charge is 0.507 e. The van der Waals surface area contributed by atoms with Crippen molar-refractivity contribution in [1.82, 2.24) is 5.32 Å². The number of fused-ring (bicyclic) bond motifs is 1. The average Bonchev–Trinajstić information content (AvgIpc) is 3.02. The maximum absolute atomic E-state index is 12.3. The Kier molecular flexibility index (Phi) is 3.55. The highest BCUT2D eigenvalue weighted by Crippen LogP contribution is 2.38. The molecule has 0 radical (unpaired) electrons. The summed E-state index contributed by atoms with van der Waals surface area (Å²) in [6.45, 7) is 0.874. The van der Waals surface area contributed by atoms with Crippen LogP contribution in [0.2, 0.25) is 0 Å². The lowest BCUT2D eigenvalue weighted by atomic mass is 9.93. The van der Waals surface area contributed by atoms with Gasteiger partial charge in [0.1, 0.15) is 11.3 Å². The molecular weight excluding hydrogens is 272 g/mol. The van der Waals surface area contributed by atoms with E-state index in [1.54, 1.807) is 0 Å². The first-order valence-corrected chi connectivity index (χ1v) is 7.17. The number of carboxylic acids is 1. The summed E-state index contributed by atoms with van der Waals surface area (Å²) in [7, 11) is 0. The van der Waals surface area contributed by atoms with Crippen LogP contribution in [-0.2, 0) is 4.79 Å². The number of amides is 1. The fourth-order valence-electron chi connectivity index (χ4n) is 3.48. The minimum Gasteiger partial charge on any atom is -0.507 e. The Hall–Kier alpha value is -2.08. The first-order chi connectivity index (χ1) is 10.1. The molecule has 0 aromatic heterocycles. The number of benzene rings is 1. The number of carbonyl (C=O) groups is 2. The zero-order valence-electron chi connectivity index (χ0n) is 11.5. The van der Waals surface area contributed by atoms with Gasteiger partial charge in [0.15, 0.2) is 0 Å².